The zero-order valence-corrected chi connectivity index (χ0v) is 14.9. The van der Waals surface area contributed by atoms with E-state index in [1.807, 2.05) is 13.8 Å². The Hall–Kier alpha value is -2.21. The summed E-state index contributed by atoms with van der Waals surface area (Å²) in [4.78, 5) is 26.2. The fourth-order valence-corrected chi connectivity index (χ4v) is 3.36. The van der Waals surface area contributed by atoms with Gasteiger partial charge in [0.2, 0.25) is 0 Å². The number of ether oxygens (including phenoxy) is 1. The number of methoxy groups -OCH3 is 1. The van der Waals surface area contributed by atoms with E-state index in [-0.39, 0.29) is 22.9 Å². The highest BCUT2D eigenvalue weighted by atomic mass is 32.2. The minimum atomic E-state index is -0.281. The molecule has 0 bridgehead atoms. The maximum absolute atomic E-state index is 12.5. The molecule has 5 nitrogen and oxygen atoms in total. The van der Waals surface area contributed by atoms with Crippen LogP contribution in [0.15, 0.2) is 29.7 Å². The fourth-order valence-electron chi connectivity index (χ4n) is 2.43. The predicted octanol–water partition coefficient (Wildman–Crippen LogP) is 3.96. The zero-order chi connectivity index (χ0) is 17.9. The van der Waals surface area contributed by atoms with Crippen molar-refractivity contribution in [2.24, 2.45) is 0 Å². The minimum Gasteiger partial charge on any atom is -0.504 e. The van der Waals surface area contributed by atoms with E-state index in [0.717, 1.165) is 11.8 Å². The third-order valence-electron chi connectivity index (χ3n) is 3.91. The van der Waals surface area contributed by atoms with Crippen LogP contribution in [0.25, 0.3) is 6.08 Å². The van der Waals surface area contributed by atoms with Crippen LogP contribution in [0.5, 0.6) is 11.5 Å². The molecule has 6 heteroatoms. The number of benzene rings is 1. The van der Waals surface area contributed by atoms with Gasteiger partial charge in [0.1, 0.15) is 0 Å². The lowest BCUT2D eigenvalue weighted by Crippen LogP contribution is -2.36. The first kappa shape index (κ1) is 18.1. The van der Waals surface area contributed by atoms with Gasteiger partial charge >= 0.3 is 0 Å². The molecule has 1 saturated heterocycles. The van der Waals surface area contributed by atoms with E-state index in [2.05, 4.69) is 6.58 Å². The highest BCUT2D eigenvalue weighted by Crippen LogP contribution is 2.37. The number of rotatable bonds is 6. The Kier molecular flexibility index (Phi) is 5.72. The number of phenols is 1. The molecule has 1 aliphatic heterocycles. The van der Waals surface area contributed by atoms with Crippen LogP contribution in [-0.2, 0) is 11.2 Å². The number of amides is 2. The summed E-state index contributed by atoms with van der Waals surface area (Å²) in [6, 6.07) is 3.27. The first-order valence-electron chi connectivity index (χ1n) is 7.70. The van der Waals surface area contributed by atoms with Gasteiger partial charge in [0.15, 0.2) is 11.5 Å². The van der Waals surface area contributed by atoms with Gasteiger partial charge in [-0.1, -0.05) is 13.0 Å². The van der Waals surface area contributed by atoms with E-state index in [9.17, 15) is 14.7 Å². The van der Waals surface area contributed by atoms with Gasteiger partial charge in [-0.15, -0.1) is 6.58 Å². The summed E-state index contributed by atoms with van der Waals surface area (Å²) < 4.78 is 5.18. The summed E-state index contributed by atoms with van der Waals surface area (Å²) in [5.74, 6) is 0.0978. The Morgan fingerprint density at radius 3 is 2.71 bits per heavy atom. The van der Waals surface area contributed by atoms with Gasteiger partial charge in [-0.25, -0.2) is 0 Å². The molecule has 1 aliphatic rings. The van der Waals surface area contributed by atoms with Gasteiger partial charge in [-0.2, -0.15) is 0 Å². The SMILES string of the molecule is C=CCc1cc(C=C2SC(=O)N(C(C)CC)C2=O)cc(OC)c1O. The predicted molar refractivity (Wildman–Crippen MR) is 96.1 cm³/mol. The van der Waals surface area contributed by atoms with Gasteiger partial charge in [0.05, 0.1) is 12.0 Å². The van der Waals surface area contributed by atoms with E-state index in [1.54, 1.807) is 24.3 Å². The molecule has 2 amide bonds. The van der Waals surface area contributed by atoms with Gasteiger partial charge in [0.25, 0.3) is 11.1 Å². The molecule has 0 aromatic heterocycles. The maximum atomic E-state index is 12.5. The Balaban J connectivity index is 2.41. The number of carbonyl (C=O) groups excluding carboxylic acids is 2. The Labute approximate surface area is 146 Å². The van der Waals surface area contributed by atoms with Crippen LogP contribution in [0.4, 0.5) is 4.79 Å². The largest absolute Gasteiger partial charge is 0.504 e. The molecule has 1 N–H and O–H groups in total. The Morgan fingerprint density at radius 2 is 2.12 bits per heavy atom. The summed E-state index contributed by atoms with van der Waals surface area (Å²) in [5, 5.41) is 9.87. The summed E-state index contributed by atoms with van der Waals surface area (Å²) in [5.41, 5.74) is 1.34. The average Bonchev–Trinajstić information content (AvgIpc) is 2.83. The van der Waals surface area contributed by atoms with Crippen LogP contribution in [0.3, 0.4) is 0 Å². The second-order valence-corrected chi connectivity index (χ2v) is 6.53. The number of nitrogens with zero attached hydrogens (tertiary/aromatic N) is 1. The lowest BCUT2D eigenvalue weighted by atomic mass is 10.0. The van der Waals surface area contributed by atoms with Crippen molar-refractivity contribution in [3.63, 3.8) is 0 Å². The first-order valence-corrected chi connectivity index (χ1v) is 8.52. The standard InChI is InChI=1S/C18H21NO4S/c1-5-7-13-8-12(9-14(23-4)16(13)20)10-15-17(21)19(11(3)6-2)18(22)24-15/h5,8-11,20H,1,6-7H2,2-4H3. The molecule has 1 aromatic carbocycles. The normalized spacial score (nSPS) is 17.5. The van der Waals surface area contributed by atoms with Crippen molar-refractivity contribution >= 4 is 29.0 Å². The number of thioether (sulfide) groups is 1. The molecule has 1 unspecified atom stereocenters. The molecule has 0 saturated carbocycles. The summed E-state index contributed by atoms with van der Waals surface area (Å²) >= 11 is 0.932. The molecule has 1 heterocycles. The monoisotopic (exact) mass is 347 g/mol. The van der Waals surface area contributed by atoms with Crippen molar-refractivity contribution < 1.29 is 19.4 Å². The summed E-state index contributed by atoms with van der Waals surface area (Å²) in [7, 11) is 1.47. The Bertz CT molecular complexity index is 711. The van der Waals surface area contributed by atoms with E-state index >= 15 is 0 Å². The molecule has 1 atom stereocenters. The van der Waals surface area contributed by atoms with Crippen LogP contribution in [-0.4, -0.2) is 34.3 Å². The van der Waals surface area contributed by atoms with E-state index < -0.39 is 0 Å². The van der Waals surface area contributed by atoms with Crippen molar-refractivity contribution in [2.45, 2.75) is 32.7 Å². The first-order chi connectivity index (χ1) is 11.4. The molecular weight excluding hydrogens is 326 g/mol. The molecule has 24 heavy (non-hydrogen) atoms. The van der Waals surface area contributed by atoms with Crippen molar-refractivity contribution in [1.29, 1.82) is 0 Å². The van der Waals surface area contributed by atoms with Crippen LogP contribution in [0.2, 0.25) is 0 Å². The molecule has 0 aliphatic carbocycles. The van der Waals surface area contributed by atoms with Crippen LogP contribution in [0.1, 0.15) is 31.4 Å². The molecule has 0 radical (unpaired) electrons. The van der Waals surface area contributed by atoms with Crippen LogP contribution in [0, 0.1) is 0 Å². The fraction of sp³-hybridized carbons (Fsp3) is 0.333. The average molecular weight is 347 g/mol. The Morgan fingerprint density at radius 1 is 1.42 bits per heavy atom. The number of allylic oxidation sites excluding steroid dienone is 1. The third-order valence-corrected chi connectivity index (χ3v) is 4.80. The highest BCUT2D eigenvalue weighted by molar-refractivity contribution is 8.18. The second kappa shape index (κ2) is 7.57. The van der Waals surface area contributed by atoms with Gasteiger partial charge in [-0.3, -0.25) is 14.5 Å². The molecule has 2 rings (SSSR count). The number of imide groups is 1. The lowest BCUT2D eigenvalue weighted by molar-refractivity contribution is -0.124. The van der Waals surface area contributed by atoms with E-state index in [1.165, 1.54) is 12.0 Å². The molecular formula is C18H21NO4S. The molecule has 128 valence electrons. The van der Waals surface area contributed by atoms with Crippen molar-refractivity contribution in [1.82, 2.24) is 4.90 Å². The van der Waals surface area contributed by atoms with Gasteiger partial charge in [-0.05, 0) is 55.3 Å². The van der Waals surface area contributed by atoms with Crippen molar-refractivity contribution in [3.8, 4) is 11.5 Å². The van der Waals surface area contributed by atoms with Gasteiger partial charge < -0.3 is 9.84 Å². The van der Waals surface area contributed by atoms with Crippen molar-refractivity contribution in [2.75, 3.05) is 7.11 Å². The smallest absolute Gasteiger partial charge is 0.293 e. The number of aromatic hydroxyl groups is 1. The maximum Gasteiger partial charge on any atom is 0.293 e. The minimum absolute atomic E-state index is 0.0576. The number of hydrogen-bond donors (Lipinski definition) is 1. The quantitative estimate of drug-likeness (QED) is 0.623. The topological polar surface area (TPSA) is 66.8 Å². The van der Waals surface area contributed by atoms with Crippen molar-refractivity contribution in [3.05, 3.63) is 40.8 Å². The molecule has 1 fully saturated rings. The van der Waals surface area contributed by atoms with Crippen LogP contribution >= 0.6 is 11.8 Å². The lowest BCUT2D eigenvalue weighted by Gasteiger charge is -2.19. The van der Waals surface area contributed by atoms with Crippen LogP contribution < -0.4 is 4.74 Å². The number of carbonyl (C=O) groups is 2. The number of hydrogen-bond acceptors (Lipinski definition) is 5. The molecule has 0 spiro atoms. The zero-order valence-electron chi connectivity index (χ0n) is 14.0. The van der Waals surface area contributed by atoms with Gasteiger partial charge in [0, 0.05) is 11.6 Å². The third kappa shape index (κ3) is 3.48. The second-order valence-electron chi connectivity index (χ2n) is 5.53. The van der Waals surface area contributed by atoms with E-state index in [0.29, 0.717) is 34.6 Å². The highest BCUT2D eigenvalue weighted by Gasteiger charge is 2.37. The number of phenolic OH excluding ortho intramolecular Hbond substituents is 1. The summed E-state index contributed by atoms with van der Waals surface area (Å²) in [6.45, 7) is 7.46. The van der Waals surface area contributed by atoms with E-state index in [4.69, 9.17) is 4.74 Å². The summed E-state index contributed by atoms with van der Waals surface area (Å²) in [6.07, 6.45) is 4.51. The molecule has 1 aromatic rings.